The minimum absolute atomic E-state index is 0.0795. The number of thiophene rings is 1. The van der Waals surface area contributed by atoms with E-state index in [1.165, 1.54) is 15.3 Å². The molecule has 0 aliphatic heterocycles. The number of hydrogen-bond donors (Lipinski definition) is 2. The van der Waals surface area contributed by atoms with Crippen LogP contribution >= 0.6 is 11.3 Å². The molecule has 94 valence electrons. The third-order valence-electron chi connectivity index (χ3n) is 3.54. The van der Waals surface area contributed by atoms with E-state index in [9.17, 15) is 4.79 Å². The third-order valence-corrected chi connectivity index (χ3v) is 4.69. The van der Waals surface area contributed by atoms with Crippen LogP contribution in [0.2, 0.25) is 0 Å². The van der Waals surface area contributed by atoms with E-state index in [1.807, 2.05) is 0 Å². The Kier molecular flexibility index (Phi) is 3.54. The van der Waals surface area contributed by atoms with Crippen molar-refractivity contribution in [2.75, 3.05) is 0 Å². The predicted molar refractivity (Wildman–Crippen MR) is 71.0 cm³/mol. The molecule has 17 heavy (non-hydrogen) atoms. The first-order chi connectivity index (χ1) is 7.98. The van der Waals surface area contributed by atoms with Gasteiger partial charge in [-0.15, -0.1) is 11.3 Å². The van der Waals surface area contributed by atoms with Gasteiger partial charge in [-0.25, -0.2) is 0 Å². The highest BCUT2D eigenvalue weighted by Gasteiger charge is 2.34. The molecule has 0 bridgehead atoms. The van der Waals surface area contributed by atoms with Gasteiger partial charge in [0.15, 0.2) is 0 Å². The third kappa shape index (κ3) is 3.07. The van der Waals surface area contributed by atoms with Crippen LogP contribution < -0.4 is 11.1 Å². The van der Waals surface area contributed by atoms with Crippen LogP contribution in [0.5, 0.6) is 0 Å². The van der Waals surface area contributed by atoms with Gasteiger partial charge in [0.25, 0.3) is 0 Å². The molecule has 0 atom stereocenters. The largest absolute Gasteiger partial charge is 0.351 e. The molecule has 1 heterocycles. The smallest absolute Gasteiger partial charge is 0.222 e. The molecule has 0 spiro atoms. The van der Waals surface area contributed by atoms with Crippen LogP contribution in [0.1, 0.15) is 41.0 Å². The highest BCUT2D eigenvalue weighted by Crippen LogP contribution is 2.32. The van der Waals surface area contributed by atoms with Crippen LogP contribution in [0.4, 0.5) is 0 Å². The van der Waals surface area contributed by atoms with E-state index in [1.54, 1.807) is 11.3 Å². The first-order valence-electron chi connectivity index (χ1n) is 6.10. The van der Waals surface area contributed by atoms with E-state index in [4.69, 9.17) is 5.73 Å². The molecular formula is C13H20N2OS. The topological polar surface area (TPSA) is 55.1 Å². The number of carbonyl (C=O) groups is 1. The van der Waals surface area contributed by atoms with Gasteiger partial charge in [-0.3, -0.25) is 4.79 Å². The van der Waals surface area contributed by atoms with Crippen LogP contribution in [0.25, 0.3) is 0 Å². The maximum Gasteiger partial charge on any atom is 0.222 e. The lowest BCUT2D eigenvalue weighted by Crippen LogP contribution is -2.49. The average Bonchev–Trinajstić information content (AvgIpc) is 2.53. The van der Waals surface area contributed by atoms with Gasteiger partial charge in [0.2, 0.25) is 5.91 Å². The zero-order chi connectivity index (χ0) is 12.5. The molecule has 0 saturated heterocycles. The van der Waals surface area contributed by atoms with Crippen molar-refractivity contribution >= 4 is 17.2 Å². The van der Waals surface area contributed by atoms with Gasteiger partial charge in [0.1, 0.15) is 0 Å². The van der Waals surface area contributed by atoms with Crippen LogP contribution in [0, 0.1) is 13.8 Å². The molecular weight excluding hydrogens is 232 g/mol. The van der Waals surface area contributed by atoms with Crippen molar-refractivity contribution in [1.82, 2.24) is 5.32 Å². The molecule has 1 aromatic heterocycles. The van der Waals surface area contributed by atoms with Crippen molar-refractivity contribution in [2.24, 2.45) is 5.73 Å². The Labute approximate surface area is 106 Å². The van der Waals surface area contributed by atoms with Gasteiger partial charge in [-0.05, 0) is 44.7 Å². The zero-order valence-corrected chi connectivity index (χ0v) is 11.3. The molecule has 1 aliphatic rings. The predicted octanol–water partition coefficient (Wildman–Crippen LogP) is 2.25. The summed E-state index contributed by atoms with van der Waals surface area (Å²) in [4.78, 5) is 14.3. The maximum absolute atomic E-state index is 11.7. The fraction of sp³-hybridized carbons (Fsp3) is 0.615. The standard InChI is InChI=1S/C13H20N2OS/c1-9-6-11(17-10(9)2)8-15-12(16)7-13(14)4-3-5-13/h6H,3-5,7-8,14H2,1-2H3,(H,15,16). The number of amides is 1. The van der Waals surface area contributed by atoms with Crippen LogP contribution in [0.15, 0.2) is 6.07 Å². The van der Waals surface area contributed by atoms with E-state index >= 15 is 0 Å². The Morgan fingerprint density at radius 1 is 1.53 bits per heavy atom. The quantitative estimate of drug-likeness (QED) is 0.863. The van der Waals surface area contributed by atoms with Gasteiger partial charge in [-0.2, -0.15) is 0 Å². The second-order valence-corrected chi connectivity index (χ2v) is 6.46. The van der Waals surface area contributed by atoms with Gasteiger partial charge in [0, 0.05) is 21.7 Å². The van der Waals surface area contributed by atoms with Gasteiger partial charge in [-0.1, -0.05) is 0 Å². The maximum atomic E-state index is 11.7. The molecule has 2 rings (SSSR count). The molecule has 3 N–H and O–H groups in total. The lowest BCUT2D eigenvalue weighted by atomic mass is 9.75. The van der Waals surface area contributed by atoms with Gasteiger partial charge in [0.05, 0.1) is 6.54 Å². The van der Waals surface area contributed by atoms with Crippen molar-refractivity contribution in [3.05, 3.63) is 21.4 Å². The second kappa shape index (κ2) is 4.78. The first kappa shape index (κ1) is 12.6. The Morgan fingerprint density at radius 3 is 2.71 bits per heavy atom. The average molecular weight is 252 g/mol. The lowest BCUT2D eigenvalue weighted by molar-refractivity contribution is -0.123. The SMILES string of the molecule is Cc1cc(CNC(=O)CC2(N)CCC2)sc1C. The second-order valence-electron chi connectivity index (χ2n) is 5.12. The summed E-state index contributed by atoms with van der Waals surface area (Å²) >= 11 is 1.75. The van der Waals surface area contributed by atoms with Crippen LogP contribution in [-0.2, 0) is 11.3 Å². The summed E-state index contributed by atoms with van der Waals surface area (Å²) in [5.74, 6) is 0.0795. The van der Waals surface area contributed by atoms with Crippen molar-refractivity contribution in [3.8, 4) is 0 Å². The minimum atomic E-state index is -0.217. The normalized spacial score (nSPS) is 17.6. The Balaban J connectivity index is 1.79. The zero-order valence-electron chi connectivity index (χ0n) is 10.5. The number of nitrogens with two attached hydrogens (primary N) is 1. The van der Waals surface area contributed by atoms with Crippen molar-refractivity contribution in [2.45, 2.75) is 51.6 Å². The Hall–Kier alpha value is -0.870. The van der Waals surface area contributed by atoms with Crippen molar-refractivity contribution in [1.29, 1.82) is 0 Å². The van der Waals surface area contributed by atoms with Crippen molar-refractivity contribution < 1.29 is 4.79 Å². The highest BCUT2D eigenvalue weighted by molar-refractivity contribution is 7.12. The first-order valence-corrected chi connectivity index (χ1v) is 6.92. The molecule has 0 radical (unpaired) electrons. The fourth-order valence-corrected chi connectivity index (χ4v) is 3.11. The van der Waals surface area contributed by atoms with E-state index in [2.05, 4.69) is 25.2 Å². The summed E-state index contributed by atoms with van der Waals surface area (Å²) < 4.78 is 0. The fourth-order valence-electron chi connectivity index (χ4n) is 2.11. The summed E-state index contributed by atoms with van der Waals surface area (Å²) in [6.07, 6.45) is 3.60. The Bertz CT molecular complexity index is 402. The molecule has 1 saturated carbocycles. The van der Waals surface area contributed by atoms with E-state index in [-0.39, 0.29) is 11.4 Å². The number of rotatable bonds is 4. The molecule has 1 aromatic rings. The number of carbonyl (C=O) groups excluding carboxylic acids is 1. The van der Waals surface area contributed by atoms with Crippen LogP contribution in [0.3, 0.4) is 0 Å². The summed E-state index contributed by atoms with van der Waals surface area (Å²) in [5.41, 5.74) is 7.13. The molecule has 1 fully saturated rings. The summed E-state index contributed by atoms with van der Waals surface area (Å²) in [5, 5.41) is 2.96. The van der Waals surface area contributed by atoms with Gasteiger partial charge < -0.3 is 11.1 Å². The molecule has 3 nitrogen and oxygen atoms in total. The molecule has 1 aliphatic carbocycles. The van der Waals surface area contributed by atoms with Crippen molar-refractivity contribution in [3.63, 3.8) is 0 Å². The minimum Gasteiger partial charge on any atom is -0.351 e. The summed E-state index contributed by atoms with van der Waals surface area (Å²) in [7, 11) is 0. The lowest BCUT2D eigenvalue weighted by Gasteiger charge is -2.37. The Morgan fingerprint density at radius 2 is 2.24 bits per heavy atom. The number of hydrogen-bond acceptors (Lipinski definition) is 3. The van der Waals surface area contributed by atoms with E-state index < -0.39 is 0 Å². The monoisotopic (exact) mass is 252 g/mol. The summed E-state index contributed by atoms with van der Waals surface area (Å²) in [6, 6.07) is 2.14. The molecule has 4 heteroatoms. The van der Waals surface area contributed by atoms with Crippen LogP contribution in [-0.4, -0.2) is 11.4 Å². The van der Waals surface area contributed by atoms with E-state index in [0.29, 0.717) is 13.0 Å². The highest BCUT2D eigenvalue weighted by atomic mass is 32.1. The molecule has 0 unspecified atom stereocenters. The molecule has 1 amide bonds. The molecule has 0 aromatic carbocycles. The number of aryl methyl sites for hydroxylation is 2. The van der Waals surface area contributed by atoms with E-state index in [0.717, 1.165) is 19.3 Å². The summed E-state index contributed by atoms with van der Waals surface area (Å²) in [6.45, 7) is 4.84. The van der Waals surface area contributed by atoms with Gasteiger partial charge >= 0.3 is 0 Å². The number of nitrogens with one attached hydrogen (secondary N) is 1.